The standard InChI is InChI=1S/C22H23F3N4O4/c1-29(19-4-3-9-26-11-19)28-20(15-5-7-17(8-6-15)22(23,24)25)10-16(12-30)21(32)27-18(13-31)14-33-2/h3-12,18,31H,13-14H2,1-2H3,(H,27,32)/b16-10+,28-20+. The highest BCUT2D eigenvalue weighted by Gasteiger charge is 2.30. The molecule has 176 valence electrons. The number of alkyl halides is 3. The molecule has 0 saturated carbocycles. The van der Waals surface area contributed by atoms with E-state index in [0.29, 0.717) is 12.0 Å². The minimum absolute atomic E-state index is 0.0119. The van der Waals surface area contributed by atoms with Gasteiger partial charge in [-0.15, -0.1) is 0 Å². The van der Waals surface area contributed by atoms with Crippen molar-refractivity contribution in [1.29, 1.82) is 0 Å². The summed E-state index contributed by atoms with van der Waals surface area (Å²) in [5.74, 6) is -0.801. The topological polar surface area (TPSA) is 104 Å². The number of aliphatic hydroxyl groups is 1. The fraction of sp³-hybridized carbons (Fsp3) is 0.273. The molecule has 0 radical (unpaired) electrons. The number of carbonyl (C=O) groups excluding carboxylic acids is 2. The summed E-state index contributed by atoms with van der Waals surface area (Å²) in [6.45, 7) is -0.409. The molecule has 1 amide bonds. The number of nitrogens with one attached hydrogen (secondary N) is 1. The second-order valence-electron chi connectivity index (χ2n) is 6.82. The Morgan fingerprint density at radius 2 is 2.00 bits per heavy atom. The van der Waals surface area contributed by atoms with Crippen LogP contribution in [-0.2, 0) is 20.5 Å². The third kappa shape index (κ3) is 7.51. The summed E-state index contributed by atoms with van der Waals surface area (Å²) in [6.07, 6.45) is -0.00235. The van der Waals surface area contributed by atoms with Crippen molar-refractivity contribution < 1.29 is 32.6 Å². The number of halogens is 3. The molecule has 0 aliphatic rings. The SMILES string of the molecule is COCC(CO)NC(=O)/C(C=O)=C/C(=N\N(C)c1cccnc1)c1ccc(C(F)(F)F)cc1. The lowest BCUT2D eigenvalue weighted by atomic mass is 10.0. The van der Waals surface area contributed by atoms with Gasteiger partial charge in [-0.1, -0.05) is 12.1 Å². The van der Waals surface area contributed by atoms with Crippen molar-refractivity contribution in [1.82, 2.24) is 10.3 Å². The van der Waals surface area contributed by atoms with Crippen LogP contribution in [0.5, 0.6) is 0 Å². The summed E-state index contributed by atoms with van der Waals surface area (Å²) >= 11 is 0. The Morgan fingerprint density at radius 1 is 1.30 bits per heavy atom. The van der Waals surface area contributed by atoms with Crippen LogP contribution in [0.1, 0.15) is 11.1 Å². The van der Waals surface area contributed by atoms with E-state index >= 15 is 0 Å². The van der Waals surface area contributed by atoms with Crippen molar-refractivity contribution >= 4 is 23.6 Å². The Hall–Kier alpha value is -3.57. The van der Waals surface area contributed by atoms with E-state index < -0.39 is 30.3 Å². The number of hydrogen-bond donors (Lipinski definition) is 2. The third-order valence-electron chi connectivity index (χ3n) is 4.39. The van der Waals surface area contributed by atoms with Gasteiger partial charge in [-0.3, -0.25) is 19.6 Å². The van der Waals surface area contributed by atoms with Gasteiger partial charge in [0, 0.05) is 25.9 Å². The Morgan fingerprint density at radius 3 is 2.52 bits per heavy atom. The number of nitrogens with zero attached hydrogens (tertiary/aromatic N) is 3. The Bertz CT molecular complexity index is 993. The zero-order valence-corrected chi connectivity index (χ0v) is 17.9. The average Bonchev–Trinajstić information content (AvgIpc) is 2.81. The molecular formula is C22H23F3N4O4. The van der Waals surface area contributed by atoms with Crippen LogP contribution in [0.25, 0.3) is 0 Å². The maximum Gasteiger partial charge on any atom is 0.416 e. The minimum Gasteiger partial charge on any atom is -0.394 e. The van der Waals surface area contributed by atoms with E-state index in [0.717, 1.165) is 18.2 Å². The van der Waals surface area contributed by atoms with Crippen LogP contribution in [0.4, 0.5) is 18.9 Å². The average molecular weight is 464 g/mol. The number of anilines is 1. The van der Waals surface area contributed by atoms with Gasteiger partial charge in [0.15, 0.2) is 6.29 Å². The van der Waals surface area contributed by atoms with Crippen molar-refractivity contribution in [3.63, 3.8) is 0 Å². The first-order valence-corrected chi connectivity index (χ1v) is 9.67. The van der Waals surface area contributed by atoms with Crippen molar-refractivity contribution in [3.05, 3.63) is 71.6 Å². The highest BCUT2D eigenvalue weighted by Crippen LogP contribution is 2.29. The normalized spacial score (nSPS) is 13.4. The zero-order chi connectivity index (χ0) is 24.4. The number of hydrogen-bond acceptors (Lipinski definition) is 7. The molecule has 2 rings (SSSR count). The third-order valence-corrected chi connectivity index (χ3v) is 4.39. The molecule has 2 N–H and O–H groups in total. The number of allylic oxidation sites excluding steroid dienone is 1. The fourth-order valence-corrected chi connectivity index (χ4v) is 2.67. The van der Waals surface area contributed by atoms with E-state index in [1.54, 1.807) is 25.4 Å². The van der Waals surface area contributed by atoms with Gasteiger partial charge in [0.05, 0.1) is 48.0 Å². The molecule has 1 unspecified atom stereocenters. The van der Waals surface area contributed by atoms with Crippen LogP contribution >= 0.6 is 0 Å². The molecule has 2 aromatic rings. The molecule has 8 nitrogen and oxygen atoms in total. The van der Waals surface area contributed by atoms with E-state index in [-0.39, 0.29) is 23.5 Å². The van der Waals surface area contributed by atoms with E-state index in [1.165, 1.54) is 30.4 Å². The molecule has 0 bridgehead atoms. The predicted octanol–water partition coefficient (Wildman–Crippen LogP) is 2.19. The minimum atomic E-state index is -4.52. The molecule has 0 saturated heterocycles. The zero-order valence-electron chi connectivity index (χ0n) is 17.9. The molecule has 0 fully saturated rings. The quantitative estimate of drug-likeness (QED) is 0.140. The number of aliphatic hydroxyl groups excluding tert-OH is 1. The number of pyridine rings is 1. The largest absolute Gasteiger partial charge is 0.416 e. The maximum atomic E-state index is 13.0. The Balaban J connectivity index is 2.47. The van der Waals surface area contributed by atoms with Gasteiger partial charge in [0.1, 0.15) is 0 Å². The number of ether oxygens (including phenoxy) is 1. The number of methoxy groups -OCH3 is 1. The van der Waals surface area contributed by atoms with Crippen LogP contribution in [-0.4, -0.2) is 61.4 Å². The fourth-order valence-electron chi connectivity index (χ4n) is 2.67. The molecule has 33 heavy (non-hydrogen) atoms. The molecule has 0 spiro atoms. The maximum absolute atomic E-state index is 13.0. The summed E-state index contributed by atoms with van der Waals surface area (Å²) in [5, 5.41) is 17.5. The van der Waals surface area contributed by atoms with Gasteiger partial charge in [0.2, 0.25) is 0 Å². The van der Waals surface area contributed by atoms with Crippen molar-refractivity contribution in [3.8, 4) is 0 Å². The highest BCUT2D eigenvalue weighted by atomic mass is 19.4. The van der Waals surface area contributed by atoms with Crippen molar-refractivity contribution in [2.45, 2.75) is 12.2 Å². The number of aromatic nitrogens is 1. The number of rotatable bonds is 10. The molecule has 1 aromatic carbocycles. The van der Waals surface area contributed by atoms with Crippen molar-refractivity contribution in [2.24, 2.45) is 5.10 Å². The lowest BCUT2D eigenvalue weighted by Crippen LogP contribution is -2.41. The summed E-state index contributed by atoms with van der Waals surface area (Å²) in [7, 11) is 2.96. The number of aldehydes is 1. The van der Waals surface area contributed by atoms with E-state index in [4.69, 9.17) is 4.74 Å². The van der Waals surface area contributed by atoms with Gasteiger partial charge in [-0.2, -0.15) is 18.3 Å². The lowest BCUT2D eigenvalue weighted by Gasteiger charge is -2.16. The van der Waals surface area contributed by atoms with Gasteiger partial charge < -0.3 is 15.2 Å². The Kier molecular flexibility index (Phi) is 9.25. The molecule has 1 heterocycles. The number of benzene rings is 1. The van der Waals surface area contributed by atoms with Gasteiger partial charge in [-0.25, -0.2) is 0 Å². The molecule has 0 aliphatic heterocycles. The Labute approximate surface area is 188 Å². The van der Waals surface area contributed by atoms with E-state index in [9.17, 15) is 27.9 Å². The van der Waals surface area contributed by atoms with Gasteiger partial charge in [-0.05, 0) is 30.3 Å². The van der Waals surface area contributed by atoms with Crippen LogP contribution in [0.2, 0.25) is 0 Å². The van der Waals surface area contributed by atoms with Gasteiger partial charge >= 0.3 is 6.18 Å². The van der Waals surface area contributed by atoms with E-state index in [2.05, 4.69) is 15.4 Å². The smallest absolute Gasteiger partial charge is 0.394 e. The van der Waals surface area contributed by atoms with Crippen LogP contribution in [0.3, 0.4) is 0 Å². The summed E-state index contributed by atoms with van der Waals surface area (Å²) in [4.78, 5) is 28.1. The highest BCUT2D eigenvalue weighted by molar-refractivity contribution is 6.19. The first kappa shape index (κ1) is 25.7. The first-order valence-electron chi connectivity index (χ1n) is 9.67. The van der Waals surface area contributed by atoms with Crippen LogP contribution < -0.4 is 10.3 Å². The number of hydrazone groups is 1. The summed E-state index contributed by atoms with van der Waals surface area (Å²) < 4.78 is 43.7. The monoisotopic (exact) mass is 464 g/mol. The second kappa shape index (κ2) is 11.9. The molecule has 1 atom stereocenters. The lowest BCUT2D eigenvalue weighted by molar-refractivity contribution is -0.137. The van der Waals surface area contributed by atoms with Gasteiger partial charge in [0.25, 0.3) is 5.91 Å². The molecule has 0 aliphatic carbocycles. The van der Waals surface area contributed by atoms with Crippen LogP contribution in [0.15, 0.2) is 65.5 Å². The second-order valence-corrected chi connectivity index (χ2v) is 6.82. The molecule has 1 aromatic heterocycles. The molecule has 11 heteroatoms. The van der Waals surface area contributed by atoms with E-state index in [1.807, 2.05) is 0 Å². The summed E-state index contributed by atoms with van der Waals surface area (Å²) in [6, 6.07) is 6.76. The number of carbonyl (C=O) groups is 2. The predicted molar refractivity (Wildman–Crippen MR) is 116 cm³/mol. The number of amides is 1. The summed E-state index contributed by atoms with van der Waals surface area (Å²) in [5.41, 5.74) is -0.342. The van der Waals surface area contributed by atoms with Crippen molar-refractivity contribution in [2.75, 3.05) is 32.4 Å². The van der Waals surface area contributed by atoms with Crippen LogP contribution in [0, 0.1) is 0 Å². The first-order chi connectivity index (χ1) is 15.7. The molecular weight excluding hydrogens is 441 g/mol.